The molecule has 0 bridgehead atoms. The Balaban J connectivity index is 1.63. The first-order valence-corrected chi connectivity index (χ1v) is 8.99. The lowest BCUT2D eigenvalue weighted by Gasteiger charge is -2.26. The molecule has 0 saturated heterocycles. The van der Waals surface area contributed by atoms with Crippen LogP contribution in [-0.4, -0.2) is 16.4 Å². The van der Waals surface area contributed by atoms with Gasteiger partial charge < -0.3 is 10.3 Å². The quantitative estimate of drug-likeness (QED) is 0.698. The number of carbonyl (C=O) groups is 1. The topological polar surface area (TPSA) is 62.0 Å². The smallest absolute Gasteiger partial charge is 0.251 e. The van der Waals surface area contributed by atoms with E-state index in [9.17, 15) is 14.0 Å². The van der Waals surface area contributed by atoms with Gasteiger partial charge >= 0.3 is 0 Å². The molecule has 0 atom stereocenters. The van der Waals surface area contributed by atoms with Crippen molar-refractivity contribution in [2.45, 2.75) is 38.6 Å². The molecule has 1 aromatic heterocycles. The van der Waals surface area contributed by atoms with Crippen molar-refractivity contribution < 1.29 is 9.18 Å². The van der Waals surface area contributed by atoms with Gasteiger partial charge in [-0.2, -0.15) is 0 Å². The molecular weight excluding hydrogens is 343 g/mol. The molecule has 0 aliphatic rings. The number of aryl methyl sites for hydroxylation is 1. The Morgan fingerprint density at radius 2 is 1.85 bits per heavy atom. The van der Waals surface area contributed by atoms with E-state index in [1.54, 1.807) is 12.1 Å². The summed E-state index contributed by atoms with van der Waals surface area (Å²) in [6.07, 6.45) is 1.27. The summed E-state index contributed by atoms with van der Waals surface area (Å²) >= 11 is 0. The van der Waals surface area contributed by atoms with Gasteiger partial charge in [-0.25, -0.2) is 4.39 Å². The van der Waals surface area contributed by atoms with E-state index in [0.717, 1.165) is 17.4 Å². The second kappa shape index (κ2) is 7.74. The highest BCUT2D eigenvalue weighted by Crippen LogP contribution is 2.15. The van der Waals surface area contributed by atoms with Crippen molar-refractivity contribution in [1.82, 2.24) is 10.3 Å². The Hall–Kier alpha value is -2.95. The standard InChI is InChI=1S/C22H23FN2O2/c1-22(2,14-15-6-4-3-5-7-15)25-20(26)11-9-17-12-16-8-10-18(23)13-19(16)24-21(17)27/h3-8,10,12-13H,9,11,14H2,1-2H3,(H,24,27)(H,25,26). The lowest BCUT2D eigenvalue weighted by molar-refractivity contribution is -0.122. The Kier molecular flexibility index (Phi) is 5.40. The summed E-state index contributed by atoms with van der Waals surface area (Å²) in [5.41, 5.74) is 1.46. The van der Waals surface area contributed by atoms with Gasteiger partial charge in [-0.3, -0.25) is 9.59 Å². The summed E-state index contributed by atoms with van der Waals surface area (Å²) in [5.74, 6) is -0.500. The average molecular weight is 366 g/mol. The van der Waals surface area contributed by atoms with Crippen molar-refractivity contribution in [2.75, 3.05) is 0 Å². The Bertz CT molecular complexity index is 1010. The van der Waals surface area contributed by atoms with Crippen molar-refractivity contribution in [3.63, 3.8) is 0 Å². The summed E-state index contributed by atoms with van der Waals surface area (Å²) in [4.78, 5) is 27.2. The number of hydrogen-bond acceptors (Lipinski definition) is 2. The van der Waals surface area contributed by atoms with Crippen LogP contribution < -0.4 is 10.9 Å². The van der Waals surface area contributed by atoms with Crippen molar-refractivity contribution in [1.29, 1.82) is 0 Å². The number of fused-ring (bicyclic) bond motifs is 1. The van der Waals surface area contributed by atoms with E-state index in [-0.39, 0.29) is 23.4 Å². The van der Waals surface area contributed by atoms with Crippen LogP contribution in [0.3, 0.4) is 0 Å². The van der Waals surface area contributed by atoms with Crippen LogP contribution in [0, 0.1) is 5.82 Å². The van der Waals surface area contributed by atoms with Gasteiger partial charge in [0.1, 0.15) is 5.82 Å². The van der Waals surface area contributed by atoms with Gasteiger partial charge in [0.2, 0.25) is 5.91 Å². The van der Waals surface area contributed by atoms with Gasteiger partial charge in [-0.1, -0.05) is 30.3 Å². The molecule has 5 heteroatoms. The molecule has 2 N–H and O–H groups in total. The van der Waals surface area contributed by atoms with Crippen LogP contribution in [0.2, 0.25) is 0 Å². The van der Waals surface area contributed by atoms with Crippen LogP contribution in [0.15, 0.2) is 59.4 Å². The zero-order valence-corrected chi connectivity index (χ0v) is 15.5. The minimum absolute atomic E-state index is 0.102. The number of amides is 1. The number of hydrogen-bond donors (Lipinski definition) is 2. The lowest BCUT2D eigenvalue weighted by atomic mass is 9.94. The van der Waals surface area contributed by atoms with E-state index < -0.39 is 5.82 Å². The van der Waals surface area contributed by atoms with E-state index in [0.29, 0.717) is 17.5 Å². The van der Waals surface area contributed by atoms with Crippen molar-refractivity contribution >= 4 is 16.8 Å². The monoisotopic (exact) mass is 366 g/mol. The maximum atomic E-state index is 13.3. The molecule has 1 heterocycles. The third-order valence-electron chi connectivity index (χ3n) is 4.47. The van der Waals surface area contributed by atoms with E-state index >= 15 is 0 Å². The van der Waals surface area contributed by atoms with Crippen molar-refractivity contribution in [3.8, 4) is 0 Å². The highest BCUT2D eigenvalue weighted by molar-refractivity contribution is 5.80. The first kappa shape index (κ1) is 18.8. The van der Waals surface area contributed by atoms with Crippen molar-refractivity contribution in [2.24, 2.45) is 0 Å². The van der Waals surface area contributed by atoms with E-state index in [1.165, 1.54) is 12.1 Å². The fourth-order valence-corrected chi connectivity index (χ4v) is 3.24. The number of carbonyl (C=O) groups excluding carboxylic acids is 1. The van der Waals surface area contributed by atoms with Gasteiger partial charge in [0.05, 0.1) is 5.52 Å². The summed E-state index contributed by atoms with van der Waals surface area (Å²) in [5, 5.41) is 3.78. The molecule has 27 heavy (non-hydrogen) atoms. The molecule has 140 valence electrons. The van der Waals surface area contributed by atoms with E-state index in [1.807, 2.05) is 44.2 Å². The Morgan fingerprint density at radius 1 is 1.11 bits per heavy atom. The van der Waals surface area contributed by atoms with Crippen LogP contribution in [-0.2, 0) is 17.6 Å². The number of aromatic amines is 1. The average Bonchev–Trinajstić information content (AvgIpc) is 2.60. The predicted octanol–water partition coefficient (Wildman–Crippen LogP) is 3.74. The number of benzene rings is 2. The van der Waals surface area contributed by atoms with Gasteiger partial charge in [0, 0.05) is 17.5 Å². The van der Waals surface area contributed by atoms with Crippen LogP contribution in [0.25, 0.3) is 10.9 Å². The number of aromatic nitrogens is 1. The molecule has 0 fully saturated rings. The highest BCUT2D eigenvalue weighted by atomic mass is 19.1. The fraction of sp³-hybridized carbons (Fsp3) is 0.273. The van der Waals surface area contributed by atoms with Gasteiger partial charge in [-0.05, 0) is 61.9 Å². The minimum atomic E-state index is -0.397. The molecule has 0 radical (unpaired) electrons. The summed E-state index contributed by atoms with van der Waals surface area (Å²) in [6.45, 7) is 3.96. The van der Waals surface area contributed by atoms with Gasteiger partial charge in [0.25, 0.3) is 5.56 Å². The van der Waals surface area contributed by atoms with E-state index in [4.69, 9.17) is 0 Å². The predicted molar refractivity (Wildman–Crippen MR) is 105 cm³/mol. The number of nitrogens with one attached hydrogen (secondary N) is 2. The number of pyridine rings is 1. The van der Waals surface area contributed by atoms with Crippen LogP contribution in [0.1, 0.15) is 31.4 Å². The largest absolute Gasteiger partial charge is 0.351 e. The SMILES string of the molecule is CC(C)(Cc1ccccc1)NC(=O)CCc1cc2ccc(F)cc2[nH]c1=O. The molecular formula is C22H23FN2O2. The number of H-pyrrole nitrogens is 1. The third kappa shape index (κ3) is 5.03. The molecule has 0 unspecified atom stereocenters. The molecule has 3 rings (SSSR count). The van der Waals surface area contributed by atoms with Crippen molar-refractivity contribution in [3.05, 3.63) is 81.9 Å². The maximum absolute atomic E-state index is 13.3. The number of halogens is 1. The van der Waals surface area contributed by atoms with Crippen LogP contribution in [0.4, 0.5) is 4.39 Å². The second-order valence-electron chi connectivity index (χ2n) is 7.45. The number of rotatable bonds is 6. The minimum Gasteiger partial charge on any atom is -0.351 e. The molecule has 1 amide bonds. The van der Waals surface area contributed by atoms with Gasteiger partial charge in [0.15, 0.2) is 0 Å². The summed E-state index contributed by atoms with van der Waals surface area (Å²) in [7, 11) is 0. The first-order valence-electron chi connectivity index (χ1n) is 8.99. The molecule has 3 aromatic rings. The lowest BCUT2D eigenvalue weighted by Crippen LogP contribution is -2.45. The Morgan fingerprint density at radius 3 is 2.59 bits per heavy atom. The molecule has 2 aromatic carbocycles. The highest BCUT2D eigenvalue weighted by Gasteiger charge is 2.21. The molecule has 4 nitrogen and oxygen atoms in total. The normalized spacial score (nSPS) is 11.5. The molecule has 0 aliphatic heterocycles. The van der Waals surface area contributed by atoms with E-state index in [2.05, 4.69) is 10.3 Å². The molecule has 0 spiro atoms. The molecule has 0 aliphatic carbocycles. The maximum Gasteiger partial charge on any atom is 0.251 e. The zero-order valence-electron chi connectivity index (χ0n) is 15.5. The zero-order chi connectivity index (χ0) is 19.4. The van der Waals surface area contributed by atoms with Crippen LogP contribution in [0.5, 0.6) is 0 Å². The first-order chi connectivity index (χ1) is 12.8. The summed E-state index contributed by atoms with van der Waals surface area (Å²) in [6, 6.07) is 16.0. The van der Waals surface area contributed by atoms with Gasteiger partial charge in [-0.15, -0.1) is 0 Å². The third-order valence-corrected chi connectivity index (χ3v) is 4.47. The molecule has 0 saturated carbocycles. The summed E-state index contributed by atoms with van der Waals surface area (Å²) < 4.78 is 13.3. The van der Waals surface area contributed by atoms with Crippen LogP contribution >= 0.6 is 0 Å². The fourth-order valence-electron chi connectivity index (χ4n) is 3.24. The second-order valence-corrected chi connectivity index (χ2v) is 7.45. The Labute approximate surface area is 157 Å².